The van der Waals surface area contributed by atoms with E-state index in [1.807, 2.05) is 5.57 Å². The maximum Gasteiger partial charge on any atom is -0.0160 e. The van der Waals surface area contributed by atoms with Crippen molar-refractivity contribution in [3.63, 3.8) is 0 Å². The molecule has 0 spiro atoms. The highest BCUT2D eigenvalue weighted by atomic mass is 14.5. The van der Waals surface area contributed by atoms with Gasteiger partial charge in [-0.1, -0.05) is 135 Å². The first-order valence-corrected chi connectivity index (χ1v) is 15.7. The lowest BCUT2D eigenvalue weighted by Gasteiger charge is -2.22. The molecule has 2 saturated carbocycles. The lowest BCUT2D eigenvalue weighted by atomic mass is 9.83. The fraction of sp³-hybridized carbons (Fsp3) is 0.882. The van der Waals surface area contributed by atoms with Gasteiger partial charge in [-0.3, -0.25) is 0 Å². The van der Waals surface area contributed by atoms with Crippen molar-refractivity contribution in [2.45, 2.75) is 157 Å². The molecule has 2 aliphatic rings. The minimum absolute atomic E-state index is 0.688. The molecule has 0 N–H and O–H groups in total. The van der Waals surface area contributed by atoms with Gasteiger partial charge in [-0.15, -0.1) is 0 Å². The summed E-state index contributed by atoms with van der Waals surface area (Å²) in [6, 6.07) is 0. The summed E-state index contributed by atoms with van der Waals surface area (Å²) in [4.78, 5) is 0. The number of rotatable bonds is 21. The van der Waals surface area contributed by atoms with E-state index in [0.717, 1.165) is 29.6 Å². The molecular weight excluding hydrogens is 408 g/mol. The molecule has 6 unspecified atom stereocenters. The van der Waals surface area contributed by atoms with E-state index >= 15 is 0 Å². The van der Waals surface area contributed by atoms with Crippen molar-refractivity contribution in [1.29, 1.82) is 0 Å². The smallest absolute Gasteiger partial charge is 0.0160 e. The molecule has 2 rings (SSSR count). The number of hydrogen-bond donors (Lipinski definition) is 0. The molecule has 2 aliphatic carbocycles. The first-order valence-electron chi connectivity index (χ1n) is 15.7. The summed E-state index contributed by atoms with van der Waals surface area (Å²) < 4.78 is 0. The van der Waals surface area contributed by atoms with Crippen LogP contribution in [0, 0.1) is 35.5 Å². The number of unbranched alkanes of at least 4 members (excludes halogenated alkanes) is 7. The molecule has 0 nitrogen and oxygen atoms in total. The average molecular weight is 471 g/mol. The third kappa shape index (κ3) is 11.9. The second-order valence-electron chi connectivity index (χ2n) is 13.0. The summed E-state index contributed by atoms with van der Waals surface area (Å²) in [5, 5.41) is 0. The van der Waals surface area contributed by atoms with Gasteiger partial charge >= 0.3 is 0 Å². The molecule has 0 aliphatic heterocycles. The Morgan fingerprint density at radius 2 is 1.44 bits per heavy atom. The molecule has 6 atom stereocenters. The lowest BCUT2D eigenvalue weighted by Crippen LogP contribution is -2.10. The fourth-order valence-electron chi connectivity index (χ4n) is 6.33. The zero-order chi connectivity index (χ0) is 24.9. The molecule has 34 heavy (non-hydrogen) atoms. The summed E-state index contributed by atoms with van der Waals surface area (Å²) in [5.74, 6) is 5.48. The Balaban J connectivity index is 1.42. The lowest BCUT2D eigenvalue weighted by molar-refractivity contribution is 0.382. The van der Waals surface area contributed by atoms with Crippen LogP contribution in [0.15, 0.2) is 23.3 Å². The zero-order valence-electron chi connectivity index (χ0n) is 24.4. The SMILES string of the molecule is C=C(CCCC(C)=C1CC1CC1CC1C)C(C)C(C)CCCCCCCCCCC(C)CCC. The predicted octanol–water partition coefficient (Wildman–Crippen LogP) is 11.7. The molecule has 0 aromatic rings. The highest BCUT2D eigenvalue weighted by Crippen LogP contribution is 2.52. The largest absolute Gasteiger partial charge is 0.0996 e. The maximum atomic E-state index is 4.50. The molecule has 198 valence electrons. The van der Waals surface area contributed by atoms with E-state index in [1.54, 1.807) is 5.57 Å². The van der Waals surface area contributed by atoms with Gasteiger partial charge in [0.05, 0.1) is 0 Å². The first-order chi connectivity index (χ1) is 16.3. The molecule has 0 aromatic heterocycles. The molecule has 2 fully saturated rings. The zero-order valence-corrected chi connectivity index (χ0v) is 24.4. The van der Waals surface area contributed by atoms with E-state index in [1.165, 1.54) is 121 Å². The Bertz CT molecular complexity index is 595. The van der Waals surface area contributed by atoms with Crippen molar-refractivity contribution in [1.82, 2.24) is 0 Å². The maximum absolute atomic E-state index is 4.50. The third-order valence-electron chi connectivity index (χ3n) is 9.65. The van der Waals surface area contributed by atoms with Gasteiger partial charge < -0.3 is 0 Å². The predicted molar refractivity (Wildman–Crippen MR) is 154 cm³/mol. The van der Waals surface area contributed by atoms with Crippen LogP contribution in [0.25, 0.3) is 0 Å². The van der Waals surface area contributed by atoms with E-state index in [4.69, 9.17) is 0 Å². The topological polar surface area (TPSA) is 0 Å². The van der Waals surface area contributed by atoms with E-state index in [0.29, 0.717) is 5.92 Å². The van der Waals surface area contributed by atoms with Crippen molar-refractivity contribution >= 4 is 0 Å². The van der Waals surface area contributed by atoms with Gasteiger partial charge in [0, 0.05) is 0 Å². The molecule has 0 aromatic carbocycles. The third-order valence-corrected chi connectivity index (χ3v) is 9.65. The summed E-state index contributed by atoms with van der Waals surface area (Å²) in [5.41, 5.74) is 5.06. The summed E-state index contributed by atoms with van der Waals surface area (Å²) in [7, 11) is 0. The molecule has 0 bridgehead atoms. The number of allylic oxidation sites excluding steroid dienone is 3. The summed E-state index contributed by atoms with van der Waals surface area (Å²) in [6.07, 6.45) is 25.5. The Kier molecular flexibility index (Phi) is 14.2. The van der Waals surface area contributed by atoms with Gasteiger partial charge in [-0.05, 0) is 81.0 Å². The van der Waals surface area contributed by atoms with Crippen molar-refractivity contribution in [2.75, 3.05) is 0 Å². The van der Waals surface area contributed by atoms with Gasteiger partial charge in [-0.2, -0.15) is 0 Å². The van der Waals surface area contributed by atoms with Crippen LogP contribution in [0.2, 0.25) is 0 Å². The molecule has 0 saturated heterocycles. The van der Waals surface area contributed by atoms with Gasteiger partial charge in [0.25, 0.3) is 0 Å². The molecule has 0 heteroatoms. The minimum atomic E-state index is 0.688. The van der Waals surface area contributed by atoms with Gasteiger partial charge in [-0.25, -0.2) is 0 Å². The number of hydrogen-bond acceptors (Lipinski definition) is 0. The summed E-state index contributed by atoms with van der Waals surface area (Å²) in [6.45, 7) is 19.0. The highest BCUT2D eigenvalue weighted by molar-refractivity contribution is 5.29. The molecule has 0 radical (unpaired) electrons. The van der Waals surface area contributed by atoms with Crippen molar-refractivity contribution in [3.05, 3.63) is 23.3 Å². The van der Waals surface area contributed by atoms with Gasteiger partial charge in [0.15, 0.2) is 0 Å². The van der Waals surface area contributed by atoms with E-state index in [2.05, 4.69) is 48.1 Å². The van der Waals surface area contributed by atoms with Crippen LogP contribution in [0.5, 0.6) is 0 Å². The van der Waals surface area contributed by atoms with Gasteiger partial charge in [0.1, 0.15) is 0 Å². The molecule has 0 heterocycles. The monoisotopic (exact) mass is 470 g/mol. The summed E-state index contributed by atoms with van der Waals surface area (Å²) >= 11 is 0. The first kappa shape index (κ1) is 29.7. The minimum Gasteiger partial charge on any atom is -0.0996 e. The van der Waals surface area contributed by atoms with Crippen molar-refractivity contribution < 1.29 is 0 Å². The van der Waals surface area contributed by atoms with Crippen LogP contribution in [-0.4, -0.2) is 0 Å². The van der Waals surface area contributed by atoms with Crippen molar-refractivity contribution in [2.24, 2.45) is 35.5 Å². The average Bonchev–Trinajstić information content (AvgIpc) is 3.72. The van der Waals surface area contributed by atoms with Crippen LogP contribution >= 0.6 is 0 Å². The quantitative estimate of drug-likeness (QED) is 0.115. The van der Waals surface area contributed by atoms with E-state index in [9.17, 15) is 0 Å². The van der Waals surface area contributed by atoms with Crippen molar-refractivity contribution in [3.8, 4) is 0 Å². The van der Waals surface area contributed by atoms with Crippen LogP contribution in [0.4, 0.5) is 0 Å². The Morgan fingerprint density at radius 1 is 0.853 bits per heavy atom. The van der Waals surface area contributed by atoms with E-state index in [-0.39, 0.29) is 0 Å². The fourth-order valence-corrected chi connectivity index (χ4v) is 6.33. The second-order valence-corrected chi connectivity index (χ2v) is 13.0. The van der Waals surface area contributed by atoms with Gasteiger partial charge in [0.2, 0.25) is 0 Å². The molecule has 0 amide bonds. The van der Waals surface area contributed by atoms with Crippen LogP contribution < -0.4 is 0 Å². The van der Waals surface area contributed by atoms with Crippen LogP contribution in [0.3, 0.4) is 0 Å². The second kappa shape index (κ2) is 16.3. The van der Waals surface area contributed by atoms with E-state index < -0.39 is 0 Å². The standard InChI is InChI=1S/C34H62/c1-8-18-26(2)19-15-13-11-9-10-12-14-16-20-27(3)31(7)28(4)21-17-22-29(5)34-25-33(34)24-32-23-30(32)6/h26-27,30-33H,4,8-25H2,1-3,5-7H3. The highest BCUT2D eigenvalue weighted by Gasteiger charge is 2.40. The molecular formula is C34H62. The Hall–Kier alpha value is -0.520. The Labute approximate surface area is 215 Å². The Morgan fingerprint density at radius 3 is 2.03 bits per heavy atom. The van der Waals surface area contributed by atoms with Crippen LogP contribution in [0.1, 0.15) is 157 Å². The normalized spacial score (nSPS) is 25.6. The van der Waals surface area contributed by atoms with Crippen LogP contribution in [-0.2, 0) is 0 Å².